The van der Waals surface area contributed by atoms with Gasteiger partial charge in [0.15, 0.2) is 0 Å². The maximum atomic E-state index is 13.0. The van der Waals surface area contributed by atoms with Gasteiger partial charge >= 0.3 is 0 Å². The molecule has 4 rings (SSSR count). The number of hydrogen-bond acceptors (Lipinski definition) is 3. The number of anilines is 1. The highest BCUT2D eigenvalue weighted by atomic mass is 79.9. The molecule has 1 aliphatic carbocycles. The molecule has 1 saturated carbocycles. The molecule has 24 heavy (non-hydrogen) atoms. The third kappa shape index (κ3) is 3.31. The molecule has 2 aromatic rings. The minimum Gasteiger partial charge on any atom is -0.367 e. The maximum absolute atomic E-state index is 13.0. The van der Waals surface area contributed by atoms with Crippen molar-refractivity contribution in [3.8, 4) is 0 Å². The summed E-state index contributed by atoms with van der Waals surface area (Å²) in [6.45, 7) is 0.809. The number of rotatable bonds is 4. The van der Waals surface area contributed by atoms with Crippen LogP contribution in [0.15, 0.2) is 47.1 Å². The molecule has 1 aliphatic heterocycles. The Kier molecular flexibility index (Phi) is 4.27. The van der Waals surface area contributed by atoms with Gasteiger partial charge in [0, 0.05) is 28.8 Å². The molecule has 1 aromatic carbocycles. The van der Waals surface area contributed by atoms with E-state index in [9.17, 15) is 4.79 Å². The second-order valence-corrected chi connectivity index (χ2v) is 7.48. The SMILES string of the molecule is O=C(c1ccnc(NC2CC2)c1)N1CCCC1c1cccc(Br)c1. The number of nitrogens with zero attached hydrogens (tertiary/aromatic N) is 2. The van der Waals surface area contributed by atoms with Crippen LogP contribution < -0.4 is 5.32 Å². The van der Waals surface area contributed by atoms with Crippen LogP contribution >= 0.6 is 15.9 Å². The second-order valence-electron chi connectivity index (χ2n) is 6.56. The lowest BCUT2D eigenvalue weighted by atomic mass is 10.0. The molecule has 1 saturated heterocycles. The van der Waals surface area contributed by atoms with Gasteiger partial charge in [-0.15, -0.1) is 0 Å². The minimum absolute atomic E-state index is 0.0960. The minimum atomic E-state index is 0.0960. The topological polar surface area (TPSA) is 45.2 Å². The predicted molar refractivity (Wildman–Crippen MR) is 98.0 cm³/mol. The first-order valence-corrected chi connectivity index (χ1v) is 9.29. The Labute approximate surface area is 150 Å². The lowest BCUT2D eigenvalue weighted by Gasteiger charge is -2.25. The number of pyridine rings is 1. The normalized spacial score (nSPS) is 20.2. The summed E-state index contributed by atoms with van der Waals surface area (Å²) < 4.78 is 1.05. The number of hydrogen-bond donors (Lipinski definition) is 1. The van der Waals surface area contributed by atoms with Crippen LogP contribution in [0.4, 0.5) is 5.82 Å². The van der Waals surface area contributed by atoms with Crippen molar-refractivity contribution in [3.05, 3.63) is 58.2 Å². The van der Waals surface area contributed by atoms with Crippen molar-refractivity contribution < 1.29 is 4.79 Å². The molecule has 1 atom stereocenters. The van der Waals surface area contributed by atoms with Crippen LogP contribution in [0.2, 0.25) is 0 Å². The molecule has 2 fully saturated rings. The number of carbonyl (C=O) groups excluding carboxylic acids is 1. The third-order valence-corrected chi connectivity index (χ3v) is 5.18. The Hall–Kier alpha value is -1.88. The van der Waals surface area contributed by atoms with Gasteiger partial charge in [0.25, 0.3) is 5.91 Å². The van der Waals surface area contributed by atoms with Gasteiger partial charge < -0.3 is 10.2 Å². The van der Waals surface area contributed by atoms with E-state index in [0.717, 1.165) is 35.2 Å². The van der Waals surface area contributed by atoms with E-state index in [4.69, 9.17) is 0 Å². The number of carbonyl (C=O) groups is 1. The fraction of sp³-hybridized carbons (Fsp3) is 0.368. The molecule has 0 spiro atoms. The highest BCUT2D eigenvalue weighted by Gasteiger charge is 2.31. The standard InChI is InChI=1S/C19H20BrN3O/c20-15-4-1-3-13(11-15)17-5-2-10-23(17)19(24)14-8-9-21-18(12-14)22-16-6-7-16/h1,3-4,8-9,11-12,16-17H,2,5-7,10H2,(H,21,22). The molecule has 2 heterocycles. The van der Waals surface area contributed by atoms with E-state index in [2.05, 4.69) is 38.4 Å². The largest absolute Gasteiger partial charge is 0.367 e. The average Bonchev–Trinajstić information content (AvgIpc) is 3.26. The highest BCUT2D eigenvalue weighted by molar-refractivity contribution is 9.10. The Morgan fingerprint density at radius 2 is 2.08 bits per heavy atom. The molecule has 0 bridgehead atoms. The Morgan fingerprint density at radius 3 is 2.88 bits per heavy atom. The molecule has 2 aliphatic rings. The van der Waals surface area contributed by atoms with Gasteiger partial charge in [-0.25, -0.2) is 4.98 Å². The molecular formula is C19H20BrN3O. The lowest BCUT2D eigenvalue weighted by molar-refractivity contribution is 0.0735. The number of halogens is 1. The van der Waals surface area contributed by atoms with Crippen molar-refractivity contribution in [1.82, 2.24) is 9.88 Å². The molecule has 1 aromatic heterocycles. The third-order valence-electron chi connectivity index (χ3n) is 4.68. The quantitative estimate of drug-likeness (QED) is 0.848. The number of likely N-dealkylation sites (tertiary alicyclic amines) is 1. The zero-order chi connectivity index (χ0) is 16.5. The van der Waals surface area contributed by atoms with Crippen LogP contribution in [0.3, 0.4) is 0 Å². The van der Waals surface area contributed by atoms with Crippen LogP contribution in [0.5, 0.6) is 0 Å². The van der Waals surface area contributed by atoms with Gasteiger partial charge in [0.1, 0.15) is 5.82 Å². The van der Waals surface area contributed by atoms with Gasteiger partial charge in [0.05, 0.1) is 6.04 Å². The Bertz CT molecular complexity index is 760. The number of aromatic nitrogens is 1. The van der Waals surface area contributed by atoms with Gasteiger partial charge in [-0.3, -0.25) is 4.79 Å². The zero-order valence-electron chi connectivity index (χ0n) is 13.4. The monoisotopic (exact) mass is 385 g/mol. The van der Waals surface area contributed by atoms with Crippen molar-refractivity contribution in [3.63, 3.8) is 0 Å². The fourth-order valence-corrected chi connectivity index (χ4v) is 3.73. The van der Waals surface area contributed by atoms with E-state index in [0.29, 0.717) is 6.04 Å². The predicted octanol–water partition coefficient (Wildman–Crippen LogP) is 4.40. The molecule has 1 unspecified atom stereocenters. The van der Waals surface area contributed by atoms with Gasteiger partial charge in [-0.1, -0.05) is 28.1 Å². The van der Waals surface area contributed by atoms with E-state index >= 15 is 0 Å². The van der Waals surface area contributed by atoms with Crippen molar-refractivity contribution in [1.29, 1.82) is 0 Å². The fourth-order valence-electron chi connectivity index (χ4n) is 3.32. The van der Waals surface area contributed by atoms with Crippen LogP contribution in [-0.2, 0) is 0 Å². The summed E-state index contributed by atoms with van der Waals surface area (Å²) in [4.78, 5) is 19.4. The average molecular weight is 386 g/mol. The molecular weight excluding hydrogens is 366 g/mol. The van der Waals surface area contributed by atoms with E-state index in [-0.39, 0.29) is 11.9 Å². The lowest BCUT2D eigenvalue weighted by Crippen LogP contribution is -2.30. The van der Waals surface area contributed by atoms with Gasteiger partial charge in [-0.05, 0) is 55.5 Å². The molecule has 0 radical (unpaired) electrons. The smallest absolute Gasteiger partial charge is 0.254 e. The van der Waals surface area contributed by atoms with Gasteiger partial charge in [0.2, 0.25) is 0 Å². The zero-order valence-corrected chi connectivity index (χ0v) is 15.0. The van der Waals surface area contributed by atoms with Crippen molar-refractivity contribution in [2.24, 2.45) is 0 Å². The highest BCUT2D eigenvalue weighted by Crippen LogP contribution is 2.34. The summed E-state index contributed by atoms with van der Waals surface area (Å²) in [5, 5.41) is 3.36. The summed E-state index contributed by atoms with van der Waals surface area (Å²) in [5.41, 5.74) is 1.91. The number of amides is 1. The summed E-state index contributed by atoms with van der Waals surface area (Å²) in [6, 6.07) is 12.7. The first kappa shape index (κ1) is 15.6. The van der Waals surface area contributed by atoms with E-state index in [1.165, 1.54) is 18.4 Å². The Morgan fingerprint density at radius 1 is 1.21 bits per heavy atom. The van der Waals surface area contributed by atoms with Crippen LogP contribution in [0, 0.1) is 0 Å². The van der Waals surface area contributed by atoms with Crippen LogP contribution in [0.25, 0.3) is 0 Å². The van der Waals surface area contributed by atoms with E-state index < -0.39 is 0 Å². The molecule has 4 nitrogen and oxygen atoms in total. The number of benzene rings is 1. The van der Waals surface area contributed by atoms with Crippen molar-refractivity contribution >= 4 is 27.7 Å². The molecule has 1 amide bonds. The first-order valence-electron chi connectivity index (χ1n) is 8.50. The number of nitrogens with one attached hydrogen (secondary N) is 1. The summed E-state index contributed by atoms with van der Waals surface area (Å²) in [7, 11) is 0. The Balaban J connectivity index is 1.56. The molecule has 1 N–H and O–H groups in total. The second kappa shape index (κ2) is 6.55. The molecule has 124 valence electrons. The summed E-state index contributed by atoms with van der Waals surface area (Å²) in [6.07, 6.45) is 6.16. The van der Waals surface area contributed by atoms with Crippen molar-refractivity contribution in [2.75, 3.05) is 11.9 Å². The summed E-state index contributed by atoms with van der Waals surface area (Å²) in [5.74, 6) is 0.903. The van der Waals surface area contributed by atoms with Crippen molar-refractivity contribution in [2.45, 2.75) is 37.8 Å². The molecule has 5 heteroatoms. The first-order chi connectivity index (χ1) is 11.7. The van der Waals surface area contributed by atoms with Gasteiger partial charge in [-0.2, -0.15) is 0 Å². The van der Waals surface area contributed by atoms with Crippen LogP contribution in [0.1, 0.15) is 47.6 Å². The van der Waals surface area contributed by atoms with E-state index in [1.807, 2.05) is 29.2 Å². The van der Waals surface area contributed by atoms with E-state index in [1.54, 1.807) is 6.20 Å². The van der Waals surface area contributed by atoms with Crippen LogP contribution in [-0.4, -0.2) is 28.4 Å². The summed E-state index contributed by atoms with van der Waals surface area (Å²) >= 11 is 3.53. The maximum Gasteiger partial charge on any atom is 0.254 e.